The van der Waals surface area contributed by atoms with Crippen LogP contribution >= 0.6 is 0 Å². The van der Waals surface area contributed by atoms with Crippen LogP contribution in [-0.2, 0) is 9.47 Å². The molecule has 1 unspecified atom stereocenters. The molecular weight excluding hydrogens is 216 g/mol. The van der Waals surface area contributed by atoms with E-state index in [2.05, 4.69) is 23.1 Å². The SMILES string of the molecule is C#CCN1CCC(NC(C)C(OC)OC)CC1. The monoisotopic (exact) mass is 240 g/mol. The molecule has 0 amide bonds. The van der Waals surface area contributed by atoms with Crippen LogP contribution in [0.3, 0.4) is 0 Å². The summed E-state index contributed by atoms with van der Waals surface area (Å²) >= 11 is 0. The Kier molecular flexibility index (Phi) is 6.53. The normalized spacial score (nSPS) is 20.4. The van der Waals surface area contributed by atoms with Crippen LogP contribution in [0.5, 0.6) is 0 Å². The summed E-state index contributed by atoms with van der Waals surface area (Å²) in [6.45, 7) is 4.99. The van der Waals surface area contributed by atoms with Gasteiger partial charge in [-0.2, -0.15) is 0 Å². The van der Waals surface area contributed by atoms with E-state index in [1.165, 1.54) is 0 Å². The molecule has 1 heterocycles. The predicted molar refractivity (Wildman–Crippen MR) is 68.7 cm³/mol. The van der Waals surface area contributed by atoms with Crippen molar-refractivity contribution in [2.45, 2.75) is 38.1 Å². The number of rotatable bonds is 6. The van der Waals surface area contributed by atoms with Crippen molar-refractivity contribution in [1.82, 2.24) is 10.2 Å². The Balaban J connectivity index is 2.28. The number of ether oxygens (including phenoxy) is 2. The molecule has 1 rings (SSSR count). The maximum atomic E-state index is 5.31. The second-order valence-electron chi connectivity index (χ2n) is 4.55. The molecule has 0 aliphatic carbocycles. The topological polar surface area (TPSA) is 33.7 Å². The summed E-state index contributed by atoms with van der Waals surface area (Å²) < 4.78 is 10.5. The molecule has 98 valence electrons. The minimum atomic E-state index is -0.182. The van der Waals surface area contributed by atoms with Gasteiger partial charge in [-0.1, -0.05) is 5.92 Å². The molecule has 0 radical (unpaired) electrons. The van der Waals surface area contributed by atoms with Crippen molar-refractivity contribution >= 4 is 0 Å². The highest BCUT2D eigenvalue weighted by atomic mass is 16.7. The smallest absolute Gasteiger partial charge is 0.171 e. The Labute approximate surface area is 105 Å². The second kappa shape index (κ2) is 7.67. The van der Waals surface area contributed by atoms with Crippen LogP contribution in [0.15, 0.2) is 0 Å². The maximum absolute atomic E-state index is 5.31. The number of terminal acetylenes is 1. The number of nitrogens with zero attached hydrogens (tertiary/aromatic N) is 1. The highest BCUT2D eigenvalue weighted by Crippen LogP contribution is 2.11. The third-order valence-corrected chi connectivity index (χ3v) is 3.27. The zero-order chi connectivity index (χ0) is 12.7. The second-order valence-corrected chi connectivity index (χ2v) is 4.55. The van der Waals surface area contributed by atoms with Crippen LogP contribution in [0.4, 0.5) is 0 Å². The van der Waals surface area contributed by atoms with E-state index in [0.29, 0.717) is 6.04 Å². The van der Waals surface area contributed by atoms with Crippen molar-refractivity contribution in [2.24, 2.45) is 0 Å². The van der Waals surface area contributed by atoms with E-state index in [0.717, 1.165) is 32.5 Å². The van der Waals surface area contributed by atoms with E-state index in [-0.39, 0.29) is 12.3 Å². The zero-order valence-electron chi connectivity index (χ0n) is 11.1. The molecule has 1 fully saturated rings. The lowest BCUT2D eigenvalue weighted by molar-refractivity contribution is -0.121. The van der Waals surface area contributed by atoms with Crippen molar-refractivity contribution in [2.75, 3.05) is 33.9 Å². The van der Waals surface area contributed by atoms with E-state index in [9.17, 15) is 0 Å². The van der Waals surface area contributed by atoms with Crippen molar-refractivity contribution in [3.8, 4) is 12.3 Å². The van der Waals surface area contributed by atoms with Gasteiger partial charge in [0.2, 0.25) is 0 Å². The first kappa shape index (κ1) is 14.5. The van der Waals surface area contributed by atoms with Gasteiger partial charge >= 0.3 is 0 Å². The van der Waals surface area contributed by atoms with Gasteiger partial charge in [0.15, 0.2) is 6.29 Å². The van der Waals surface area contributed by atoms with Crippen LogP contribution in [0.1, 0.15) is 19.8 Å². The molecule has 4 heteroatoms. The molecule has 1 atom stereocenters. The van der Waals surface area contributed by atoms with Gasteiger partial charge in [-0.15, -0.1) is 6.42 Å². The number of methoxy groups -OCH3 is 2. The fourth-order valence-electron chi connectivity index (χ4n) is 2.34. The summed E-state index contributed by atoms with van der Waals surface area (Å²) in [7, 11) is 3.34. The Morgan fingerprint density at radius 3 is 2.41 bits per heavy atom. The van der Waals surface area contributed by atoms with Crippen molar-refractivity contribution < 1.29 is 9.47 Å². The number of hydrogen-bond acceptors (Lipinski definition) is 4. The molecule has 0 aromatic heterocycles. The fraction of sp³-hybridized carbons (Fsp3) is 0.846. The number of likely N-dealkylation sites (tertiary alicyclic amines) is 1. The van der Waals surface area contributed by atoms with Crippen LogP contribution < -0.4 is 5.32 Å². The third-order valence-electron chi connectivity index (χ3n) is 3.27. The first-order valence-electron chi connectivity index (χ1n) is 6.18. The van der Waals surface area contributed by atoms with Crippen molar-refractivity contribution in [1.29, 1.82) is 0 Å². The van der Waals surface area contributed by atoms with Gasteiger partial charge in [0.05, 0.1) is 12.6 Å². The molecule has 1 N–H and O–H groups in total. The summed E-state index contributed by atoms with van der Waals surface area (Å²) in [6, 6.07) is 0.737. The minimum Gasteiger partial charge on any atom is -0.354 e. The van der Waals surface area contributed by atoms with E-state index in [1.807, 2.05) is 0 Å². The molecule has 0 aromatic carbocycles. The zero-order valence-corrected chi connectivity index (χ0v) is 11.1. The first-order chi connectivity index (χ1) is 8.21. The van der Waals surface area contributed by atoms with Gasteiger partial charge in [-0.05, 0) is 19.8 Å². The van der Waals surface area contributed by atoms with Gasteiger partial charge < -0.3 is 14.8 Å². The Morgan fingerprint density at radius 2 is 1.94 bits per heavy atom. The molecule has 1 aliphatic heterocycles. The van der Waals surface area contributed by atoms with Gasteiger partial charge in [0.25, 0.3) is 0 Å². The summed E-state index contributed by atoms with van der Waals surface area (Å²) in [5.41, 5.74) is 0. The lowest BCUT2D eigenvalue weighted by Gasteiger charge is -2.34. The summed E-state index contributed by atoms with van der Waals surface area (Å²) in [5, 5.41) is 3.56. The minimum absolute atomic E-state index is 0.182. The maximum Gasteiger partial charge on any atom is 0.171 e. The summed E-state index contributed by atoms with van der Waals surface area (Å²) in [6.07, 6.45) is 7.39. The standard InChI is InChI=1S/C13H24N2O2/c1-5-8-15-9-6-12(7-10-15)14-11(2)13(16-3)17-4/h1,11-14H,6-10H2,2-4H3. The van der Waals surface area contributed by atoms with Gasteiger partial charge in [0, 0.05) is 33.4 Å². The molecule has 1 saturated heterocycles. The van der Waals surface area contributed by atoms with Gasteiger partial charge in [-0.25, -0.2) is 0 Å². The lowest BCUT2D eigenvalue weighted by atomic mass is 10.0. The highest BCUT2D eigenvalue weighted by molar-refractivity contribution is 4.90. The van der Waals surface area contributed by atoms with Crippen molar-refractivity contribution in [3.05, 3.63) is 0 Å². The van der Waals surface area contributed by atoms with Gasteiger partial charge in [0.1, 0.15) is 0 Å². The molecule has 0 bridgehead atoms. The van der Waals surface area contributed by atoms with Crippen LogP contribution in [0, 0.1) is 12.3 Å². The Hall–Kier alpha value is -0.600. The van der Waals surface area contributed by atoms with E-state index < -0.39 is 0 Å². The number of nitrogens with one attached hydrogen (secondary N) is 1. The molecule has 0 spiro atoms. The molecule has 17 heavy (non-hydrogen) atoms. The molecule has 0 saturated carbocycles. The number of hydrogen-bond donors (Lipinski definition) is 1. The molecular formula is C13H24N2O2. The van der Waals surface area contributed by atoms with E-state index in [1.54, 1.807) is 14.2 Å². The quantitative estimate of drug-likeness (QED) is 0.547. The van der Waals surface area contributed by atoms with Crippen LogP contribution in [0.25, 0.3) is 0 Å². The lowest BCUT2D eigenvalue weighted by Crippen LogP contribution is -2.49. The van der Waals surface area contributed by atoms with E-state index >= 15 is 0 Å². The van der Waals surface area contributed by atoms with Crippen LogP contribution in [-0.4, -0.2) is 57.1 Å². The Bertz CT molecular complexity index is 240. The molecule has 4 nitrogen and oxygen atoms in total. The average Bonchev–Trinajstić information content (AvgIpc) is 2.33. The van der Waals surface area contributed by atoms with E-state index in [4.69, 9.17) is 15.9 Å². The third kappa shape index (κ3) is 4.64. The van der Waals surface area contributed by atoms with Gasteiger partial charge in [-0.3, -0.25) is 4.90 Å². The Morgan fingerprint density at radius 1 is 1.35 bits per heavy atom. The van der Waals surface area contributed by atoms with Crippen molar-refractivity contribution in [3.63, 3.8) is 0 Å². The van der Waals surface area contributed by atoms with Crippen LogP contribution in [0.2, 0.25) is 0 Å². The number of piperidine rings is 1. The first-order valence-corrected chi connectivity index (χ1v) is 6.18. The fourth-order valence-corrected chi connectivity index (χ4v) is 2.34. The summed E-state index contributed by atoms with van der Waals surface area (Å²) in [5.74, 6) is 2.70. The molecule has 1 aliphatic rings. The molecule has 0 aromatic rings. The predicted octanol–water partition coefficient (Wildman–Crippen LogP) is 0.681. The average molecular weight is 240 g/mol. The highest BCUT2D eigenvalue weighted by Gasteiger charge is 2.23. The summed E-state index contributed by atoms with van der Waals surface area (Å²) in [4.78, 5) is 2.31. The largest absolute Gasteiger partial charge is 0.354 e.